The number of esters is 1. The summed E-state index contributed by atoms with van der Waals surface area (Å²) in [6, 6.07) is 6.97. The summed E-state index contributed by atoms with van der Waals surface area (Å²) in [5.74, 6) is 1.39. The number of nitrogens with one attached hydrogen (secondary N) is 2. The normalized spacial score (nSPS) is 12.2. The Bertz CT molecular complexity index is 1590. The first kappa shape index (κ1) is 45.8. The Morgan fingerprint density at radius 2 is 1.55 bits per heavy atom. The van der Waals surface area contributed by atoms with Crippen molar-refractivity contribution in [1.82, 2.24) is 25.2 Å². The molecule has 4 N–H and O–H groups in total. The Balaban J connectivity index is 1.41. The summed E-state index contributed by atoms with van der Waals surface area (Å²) in [5.41, 5.74) is 7.89. The van der Waals surface area contributed by atoms with Gasteiger partial charge >= 0.3 is 12.1 Å². The first-order chi connectivity index (χ1) is 26.5. The Labute approximate surface area is 333 Å². The van der Waals surface area contributed by atoms with Gasteiger partial charge in [-0.3, -0.25) is 9.59 Å². The monoisotopic (exact) mass is 784 g/mol. The van der Waals surface area contributed by atoms with Gasteiger partial charge in [0.15, 0.2) is 5.82 Å². The van der Waals surface area contributed by atoms with Gasteiger partial charge in [0.2, 0.25) is 5.91 Å². The number of unbranched alkanes of at least 4 members (excludes halogenated alkanes) is 12. The van der Waals surface area contributed by atoms with Crippen LogP contribution in [-0.2, 0) is 37.0 Å². The van der Waals surface area contributed by atoms with Gasteiger partial charge in [-0.1, -0.05) is 102 Å². The number of hydrogen-bond donors (Lipinski definition) is 3. The number of rotatable bonds is 28. The van der Waals surface area contributed by atoms with Crippen LogP contribution < -0.4 is 16.4 Å². The highest BCUT2D eigenvalue weighted by Gasteiger charge is 2.25. The molecule has 3 aromatic rings. The fourth-order valence-corrected chi connectivity index (χ4v) is 7.27. The minimum atomic E-state index is -0.834. The number of hydrogen-bond acceptors (Lipinski definition) is 10. The number of benzene rings is 1. The summed E-state index contributed by atoms with van der Waals surface area (Å²) >= 11 is 1.44. The van der Waals surface area contributed by atoms with Crippen molar-refractivity contribution in [1.29, 1.82) is 0 Å². The van der Waals surface area contributed by atoms with Crippen molar-refractivity contribution < 1.29 is 28.6 Å². The molecule has 3 rings (SSSR count). The SMILES string of the molecule is CCCCCCCCCCCCCCCC(=O)OCCSCC(NC(=O)OC(C)(C)C)C(=O)NCCCn1c(COCC)nc2c(N)nc3ccccc3c21. The second-order valence-electron chi connectivity index (χ2n) is 15.2. The van der Waals surface area contributed by atoms with E-state index in [9.17, 15) is 14.4 Å². The number of carbonyl (C=O) groups excluding carboxylic acids is 3. The molecule has 1 aromatic carbocycles. The van der Waals surface area contributed by atoms with Crippen LogP contribution in [0.4, 0.5) is 10.6 Å². The minimum absolute atomic E-state index is 0.188. The predicted octanol–water partition coefficient (Wildman–Crippen LogP) is 8.86. The molecule has 1 unspecified atom stereocenters. The average Bonchev–Trinajstić information content (AvgIpc) is 3.52. The molecular weight excluding hydrogens is 717 g/mol. The van der Waals surface area contributed by atoms with Gasteiger partial charge < -0.3 is 35.1 Å². The van der Waals surface area contributed by atoms with E-state index in [0.717, 1.165) is 41.5 Å². The lowest BCUT2D eigenvalue weighted by Gasteiger charge is -2.23. The maximum absolute atomic E-state index is 13.4. The summed E-state index contributed by atoms with van der Waals surface area (Å²) in [7, 11) is 0. The van der Waals surface area contributed by atoms with Gasteiger partial charge in [0.25, 0.3) is 0 Å². The number of ether oxygens (including phenoxy) is 3. The van der Waals surface area contributed by atoms with Gasteiger partial charge in [0, 0.05) is 43.0 Å². The van der Waals surface area contributed by atoms with Crippen LogP contribution in [0, 0.1) is 0 Å². The minimum Gasteiger partial charge on any atom is -0.465 e. The lowest BCUT2D eigenvalue weighted by atomic mass is 10.0. The summed E-state index contributed by atoms with van der Waals surface area (Å²) in [6.45, 7) is 11.5. The summed E-state index contributed by atoms with van der Waals surface area (Å²) in [4.78, 5) is 47.6. The lowest BCUT2D eigenvalue weighted by Crippen LogP contribution is -2.49. The van der Waals surface area contributed by atoms with Crippen LogP contribution in [0.15, 0.2) is 24.3 Å². The van der Waals surface area contributed by atoms with Crippen molar-refractivity contribution in [3.8, 4) is 0 Å². The number of carbonyl (C=O) groups is 3. The van der Waals surface area contributed by atoms with Gasteiger partial charge in [-0.25, -0.2) is 14.8 Å². The molecule has 0 aliphatic rings. The van der Waals surface area contributed by atoms with Crippen molar-refractivity contribution in [3.63, 3.8) is 0 Å². The molecule has 0 aliphatic heterocycles. The van der Waals surface area contributed by atoms with E-state index in [4.69, 9.17) is 24.9 Å². The van der Waals surface area contributed by atoms with Crippen LogP contribution >= 0.6 is 11.8 Å². The maximum Gasteiger partial charge on any atom is 0.408 e. The predicted molar refractivity (Wildman–Crippen MR) is 224 cm³/mol. The second-order valence-corrected chi connectivity index (χ2v) is 16.3. The molecule has 55 heavy (non-hydrogen) atoms. The van der Waals surface area contributed by atoms with Gasteiger partial charge in [0.05, 0.1) is 11.0 Å². The van der Waals surface area contributed by atoms with E-state index in [1.54, 1.807) is 20.8 Å². The highest BCUT2D eigenvalue weighted by molar-refractivity contribution is 7.99. The number of alkyl carbamates (subject to hydrolysis) is 1. The fraction of sp³-hybridized carbons (Fsp3) is 0.690. The molecule has 2 heterocycles. The van der Waals surface area contributed by atoms with Gasteiger partial charge in [0.1, 0.15) is 36.2 Å². The van der Waals surface area contributed by atoms with Crippen molar-refractivity contribution >= 4 is 57.5 Å². The molecule has 308 valence electrons. The van der Waals surface area contributed by atoms with Crippen LogP contribution in [0.25, 0.3) is 21.9 Å². The number of anilines is 1. The molecule has 12 nitrogen and oxygen atoms in total. The van der Waals surface area contributed by atoms with Crippen molar-refractivity contribution in [3.05, 3.63) is 30.1 Å². The number of aromatic nitrogens is 3. The molecule has 0 aliphatic carbocycles. The number of nitrogen functional groups attached to an aromatic ring is 1. The number of nitrogens with zero attached hydrogens (tertiary/aromatic N) is 3. The fourth-order valence-electron chi connectivity index (χ4n) is 6.43. The third-order valence-corrected chi connectivity index (χ3v) is 10.3. The summed E-state index contributed by atoms with van der Waals surface area (Å²) in [5, 5.41) is 6.64. The molecule has 13 heteroatoms. The summed E-state index contributed by atoms with van der Waals surface area (Å²) < 4.78 is 18.7. The highest BCUT2D eigenvalue weighted by atomic mass is 32.2. The maximum atomic E-state index is 13.4. The molecule has 0 radical (unpaired) electrons. The number of imidazole rings is 1. The molecule has 0 bridgehead atoms. The Kier molecular flexibility index (Phi) is 21.3. The van der Waals surface area contributed by atoms with Crippen LogP contribution in [0.1, 0.15) is 137 Å². The van der Waals surface area contributed by atoms with Crippen molar-refractivity contribution in [2.45, 2.75) is 156 Å². The quantitative estimate of drug-likeness (QED) is 0.0480. The average molecular weight is 785 g/mol. The van der Waals surface area contributed by atoms with E-state index >= 15 is 0 Å². The molecular formula is C42H68N6O6S. The van der Waals surface area contributed by atoms with Crippen LogP contribution in [0.2, 0.25) is 0 Å². The first-order valence-electron chi connectivity index (χ1n) is 20.7. The first-order valence-corrected chi connectivity index (χ1v) is 21.8. The highest BCUT2D eigenvalue weighted by Crippen LogP contribution is 2.29. The third-order valence-electron chi connectivity index (χ3n) is 9.25. The zero-order valence-electron chi connectivity index (χ0n) is 34.2. The number of pyridine rings is 1. The summed E-state index contributed by atoms with van der Waals surface area (Å²) in [6.07, 6.45) is 16.7. The molecule has 0 spiro atoms. The molecule has 2 amide bonds. The Hall–Kier alpha value is -3.58. The molecule has 0 fully saturated rings. The number of thioether (sulfide) groups is 1. The molecule has 0 saturated heterocycles. The van der Waals surface area contributed by atoms with Crippen LogP contribution in [0.3, 0.4) is 0 Å². The van der Waals surface area contributed by atoms with Gasteiger partial charge in [-0.2, -0.15) is 11.8 Å². The smallest absolute Gasteiger partial charge is 0.408 e. The molecule has 0 saturated carbocycles. The van der Waals surface area contributed by atoms with E-state index < -0.39 is 17.7 Å². The Morgan fingerprint density at radius 3 is 2.20 bits per heavy atom. The van der Waals surface area contributed by atoms with Gasteiger partial charge in [-0.15, -0.1) is 0 Å². The van der Waals surface area contributed by atoms with E-state index in [2.05, 4.69) is 27.1 Å². The largest absolute Gasteiger partial charge is 0.465 e. The topological polar surface area (TPSA) is 160 Å². The van der Waals surface area contributed by atoms with E-state index in [1.165, 1.54) is 76.0 Å². The van der Waals surface area contributed by atoms with E-state index in [0.29, 0.717) is 62.0 Å². The number of fused-ring (bicyclic) bond motifs is 3. The third kappa shape index (κ3) is 17.4. The van der Waals surface area contributed by atoms with Crippen LogP contribution in [-0.4, -0.2) is 75.4 Å². The van der Waals surface area contributed by atoms with Crippen molar-refractivity contribution in [2.75, 3.05) is 37.0 Å². The second kappa shape index (κ2) is 25.6. The molecule has 1 atom stereocenters. The van der Waals surface area contributed by atoms with E-state index in [1.807, 2.05) is 31.2 Å². The van der Waals surface area contributed by atoms with Crippen molar-refractivity contribution in [2.24, 2.45) is 0 Å². The van der Waals surface area contributed by atoms with Gasteiger partial charge in [-0.05, 0) is 46.6 Å². The number of aryl methyl sites for hydroxylation is 1. The number of nitrogens with two attached hydrogens (primary N) is 1. The van der Waals surface area contributed by atoms with Crippen LogP contribution in [0.5, 0.6) is 0 Å². The Morgan fingerprint density at radius 1 is 0.891 bits per heavy atom. The number of amides is 2. The lowest BCUT2D eigenvalue weighted by molar-refractivity contribution is -0.143. The zero-order chi connectivity index (χ0) is 39.9. The standard InChI is InChI=1S/C42H68N6O6S/c1-6-8-9-10-11-12-13-14-15-16-17-18-19-25-36(49)53-28-29-55-31-34(46-41(51)54-42(3,4)5)40(50)44-26-22-27-48-35(30-52-7-2)47-37-38(48)32-23-20-21-24-33(32)45-39(37)43/h20-21,23-24,34H,6-19,22,25-31H2,1-5H3,(H2,43,45)(H,44,50)(H,46,51). The molecule has 2 aromatic heterocycles. The number of para-hydroxylation sites is 1. The zero-order valence-corrected chi connectivity index (χ0v) is 35.0. The van der Waals surface area contributed by atoms with E-state index in [-0.39, 0.29) is 18.5 Å².